The number of carbonyl (C=O) groups is 2. The molecule has 0 aliphatic carbocycles. The van der Waals surface area contributed by atoms with Gasteiger partial charge in [0.25, 0.3) is 0 Å². The minimum absolute atomic E-state index is 0.189. The first-order chi connectivity index (χ1) is 16.9. The molecule has 8 heteroatoms. The number of carbonyl (C=O) groups excluding carboxylic acids is 1. The number of ether oxygens (including phenoxy) is 4. The first kappa shape index (κ1) is 25.7. The second-order valence-electron chi connectivity index (χ2n) is 7.66. The zero-order chi connectivity index (χ0) is 25.2. The Morgan fingerprint density at radius 3 is 2.09 bits per heavy atom. The van der Waals surface area contributed by atoms with Gasteiger partial charge in [-0.2, -0.15) is 0 Å². The van der Waals surface area contributed by atoms with E-state index in [0.29, 0.717) is 48.0 Å². The highest BCUT2D eigenvalue weighted by atomic mass is 19.1. The summed E-state index contributed by atoms with van der Waals surface area (Å²) < 4.78 is 34.9. The van der Waals surface area contributed by atoms with Crippen LogP contribution in [-0.4, -0.2) is 50.4 Å². The van der Waals surface area contributed by atoms with E-state index in [9.17, 15) is 14.0 Å². The van der Waals surface area contributed by atoms with Crippen LogP contribution in [-0.2, 0) is 16.0 Å². The molecule has 0 aromatic heterocycles. The van der Waals surface area contributed by atoms with E-state index in [1.807, 2.05) is 0 Å². The van der Waals surface area contributed by atoms with Crippen LogP contribution in [0.5, 0.6) is 17.2 Å². The lowest BCUT2D eigenvalue weighted by molar-refractivity contribution is -0.148. The molecule has 0 aliphatic rings. The lowest BCUT2D eigenvalue weighted by Gasteiger charge is -2.14. The molecule has 0 bridgehead atoms. The van der Waals surface area contributed by atoms with Gasteiger partial charge in [-0.05, 0) is 66.2 Å². The van der Waals surface area contributed by atoms with E-state index in [1.165, 1.54) is 38.5 Å². The van der Waals surface area contributed by atoms with E-state index in [1.54, 1.807) is 42.5 Å². The molecule has 0 radical (unpaired) electrons. The molecule has 0 amide bonds. The molecule has 0 saturated carbocycles. The summed E-state index contributed by atoms with van der Waals surface area (Å²) in [4.78, 5) is 23.6. The van der Waals surface area contributed by atoms with Crippen molar-refractivity contribution in [1.29, 1.82) is 0 Å². The summed E-state index contributed by atoms with van der Waals surface area (Å²) in [6, 6.07) is 17.4. The molecule has 1 atom stereocenters. The van der Waals surface area contributed by atoms with Crippen LogP contribution in [0, 0.1) is 5.82 Å². The molecule has 7 nitrogen and oxygen atoms in total. The number of aliphatic carboxylic acids is 1. The summed E-state index contributed by atoms with van der Waals surface area (Å²) in [6.07, 6.45) is -0.116. The Hall–Kier alpha value is -3.91. The van der Waals surface area contributed by atoms with Crippen LogP contribution in [0.25, 0.3) is 0 Å². The van der Waals surface area contributed by atoms with Gasteiger partial charge in [-0.25, -0.2) is 9.18 Å². The van der Waals surface area contributed by atoms with Gasteiger partial charge in [0.05, 0.1) is 20.3 Å². The predicted molar refractivity (Wildman–Crippen MR) is 127 cm³/mol. The number of benzene rings is 3. The molecular formula is C27H27FO7. The first-order valence-electron chi connectivity index (χ1n) is 11.0. The maximum atomic E-state index is 13.0. The summed E-state index contributed by atoms with van der Waals surface area (Å²) in [6.45, 7) is 0.784. The van der Waals surface area contributed by atoms with Crippen molar-refractivity contribution in [2.24, 2.45) is 0 Å². The Labute approximate surface area is 203 Å². The van der Waals surface area contributed by atoms with Gasteiger partial charge in [-0.3, -0.25) is 4.79 Å². The summed E-state index contributed by atoms with van der Waals surface area (Å²) >= 11 is 0. The summed E-state index contributed by atoms with van der Waals surface area (Å²) in [5.41, 5.74) is 1.66. The largest absolute Gasteiger partial charge is 0.493 e. The second-order valence-corrected chi connectivity index (χ2v) is 7.66. The van der Waals surface area contributed by atoms with Crippen LogP contribution < -0.4 is 14.2 Å². The first-order valence-corrected chi connectivity index (χ1v) is 11.0. The molecule has 0 saturated heterocycles. The fourth-order valence-electron chi connectivity index (χ4n) is 3.35. The topological polar surface area (TPSA) is 91.3 Å². The van der Waals surface area contributed by atoms with Crippen LogP contribution in [0.4, 0.5) is 4.39 Å². The van der Waals surface area contributed by atoms with Crippen LogP contribution in [0.1, 0.15) is 27.9 Å². The van der Waals surface area contributed by atoms with Crippen LogP contribution >= 0.6 is 0 Å². The van der Waals surface area contributed by atoms with Gasteiger partial charge in [0.15, 0.2) is 23.4 Å². The van der Waals surface area contributed by atoms with Crippen LogP contribution in [0.15, 0.2) is 66.7 Å². The van der Waals surface area contributed by atoms with Crippen molar-refractivity contribution in [3.63, 3.8) is 0 Å². The maximum Gasteiger partial charge on any atom is 0.333 e. The van der Waals surface area contributed by atoms with E-state index in [4.69, 9.17) is 24.1 Å². The van der Waals surface area contributed by atoms with Crippen molar-refractivity contribution >= 4 is 11.8 Å². The Morgan fingerprint density at radius 2 is 1.49 bits per heavy atom. The summed E-state index contributed by atoms with van der Waals surface area (Å²) in [5.74, 6) is 0.0650. The minimum atomic E-state index is -1.03. The number of halogens is 1. The Morgan fingerprint density at radius 1 is 0.857 bits per heavy atom. The molecule has 3 aromatic carbocycles. The zero-order valence-electron chi connectivity index (χ0n) is 19.5. The zero-order valence-corrected chi connectivity index (χ0v) is 19.5. The maximum absolute atomic E-state index is 13.0. The second kappa shape index (κ2) is 12.5. The Kier molecular flexibility index (Phi) is 9.20. The predicted octanol–water partition coefficient (Wildman–Crippen LogP) is 4.56. The SMILES string of the molecule is COc1cc(CC(OC)C(=O)O)ccc1OCCCOc1ccc(C(=O)c2ccc(F)cc2)cc1. The molecule has 1 N–H and O–H groups in total. The molecular weight excluding hydrogens is 455 g/mol. The Bertz CT molecular complexity index is 1130. The van der Waals surface area contributed by atoms with Gasteiger partial charge in [0.2, 0.25) is 0 Å². The number of carboxylic acids is 1. The fourth-order valence-corrected chi connectivity index (χ4v) is 3.35. The quantitative estimate of drug-likeness (QED) is 0.282. The van der Waals surface area contributed by atoms with E-state index in [0.717, 1.165) is 5.56 Å². The van der Waals surface area contributed by atoms with Crippen molar-refractivity contribution in [2.75, 3.05) is 27.4 Å². The van der Waals surface area contributed by atoms with Crippen molar-refractivity contribution in [3.8, 4) is 17.2 Å². The normalized spacial score (nSPS) is 11.5. The van der Waals surface area contributed by atoms with E-state index < -0.39 is 12.1 Å². The third-order valence-electron chi connectivity index (χ3n) is 5.25. The van der Waals surface area contributed by atoms with Crippen LogP contribution in [0.3, 0.4) is 0 Å². The van der Waals surface area contributed by atoms with Gasteiger partial charge in [0.1, 0.15) is 11.6 Å². The van der Waals surface area contributed by atoms with Gasteiger partial charge in [-0.1, -0.05) is 6.07 Å². The fraction of sp³-hybridized carbons (Fsp3) is 0.259. The highest BCUT2D eigenvalue weighted by molar-refractivity contribution is 6.09. The molecule has 0 fully saturated rings. The molecule has 35 heavy (non-hydrogen) atoms. The Balaban J connectivity index is 1.46. The van der Waals surface area contributed by atoms with Crippen molar-refractivity contribution in [2.45, 2.75) is 18.9 Å². The van der Waals surface area contributed by atoms with Gasteiger partial charge in [0, 0.05) is 31.1 Å². The van der Waals surface area contributed by atoms with Crippen molar-refractivity contribution in [1.82, 2.24) is 0 Å². The van der Waals surface area contributed by atoms with E-state index >= 15 is 0 Å². The molecule has 184 valence electrons. The molecule has 0 heterocycles. The third-order valence-corrected chi connectivity index (χ3v) is 5.25. The van der Waals surface area contributed by atoms with E-state index in [2.05, 4.69) is 0 Å². The third kappa shape index (κ3) is 7.28. The number of rotatable bonds is 13. The number of methoxy groups -OCH3 is 2. The minimum Gasteiger partial charge on any atom is -0.493 e. The lowest BCUT2D eigenvalue weighted by atomic mass is 10.0. The van der Waals surface area contributed by atoms with Gasteiger partial charge in [-0.15, -0.1) is 0 Å². The molecule has 3 aromatic rings. The molecule has 1 unspecified atom stereocenters. The standard InChI is InChI=1S/C27H27FO7/c1-32-24-16-18(17-25(33-2)27(30)31)4-13-23(24)35-15-3-14-34-22-11-7-20(8-12-22)26(29)19-5-9-21(28)10-6-19/h4-13,16,25H,3,14-15,17H2,1-2H3,(H,30,31). The number of hydrogen-bond acceptors (Lipinski definition) is 6. The molecule has 3 rings (SSSR count). The van der Waals surface area contributed by atoms with Crippen molar-refractivity contribution < 1.29 is 38.0 Å². The average molecular weight is 483 g/mol. The molecule has 0 aliphatic heterocycles. The summed E-state index contributed by atoms with van der Waals surface area (Å²) in [7, 11) is 2.88. The summed E-state index contributed by atoms with van der Waals surface area (Å²) in [5, 5.41) is 9.14. The van der Waals surface area contributed by atoms with E-state index in [-0.39, 0.29) is 18.0 Å². The highest BCUT2D eigenvalue weighted by Crippen LogP contribution is 2.29. The number of hydrogen-bond donors (Lipinski definition) is 1. The lowest BCUT2D eigenvalue weighted by Crippen LogP contribution is -2.24. The number of carboxylic acid groups (broad SMARTS) is 1. The highest BCUT2D eigenvalue weighted by Gasteiger charge is 2.18. The monoisotopic (exact) mass is 482 g/mol. The average Bonchev–Trinajstić information content (AvgIpc) is 2.87. The smallest absolute Gasteiger partial charge is 0.333 e. The van der Waals surface area contributed by atoms with Gasteiger partial charge < -0.3 is 24.1 Å². The van der Waals surface area contributed by atoms with Crippen molar-refractivity contribution in [3.05, 3.63) is 89.2 Å². The van der Waals surface area contributed by atoms with Gasteiger partial charge >= 0.3 is 5.97 Å². The van der Waals surface area contributed by atoms with Crippen LogP contribution in [0.2, 0.25) is 0 Å². The molecule has 0 spiro atoms. The number of ketones is 1.